The molecule has 0 radical (unpaired) electrons. The molecule has 0 aromatic carbocycles. The summed E-state index contributed by atoms with van der Waals surface area (Å²) in [6.07, 6.45) is -4.71. The summed E-state index contributed by atoms with van der Waals surface area (Å²) in [7, 11) is 2.64. The van der Waals surface area contributed by atoms with Gasteiger partial charge in [-0.15, -0.1) is 0 Å². The van der Waals surface area contributed by atoms with Crippen molar-refractivity contribution in [1.82, 2.24) is 0 Å². The first-order valence-electron chi connectivity index (χ1n) is 4.18. The van der Waals surface area contributed by atoms with E-state index in [1.165, 1.54) is 14.2 Å². The Morgan fingerprint density at radius 2 is 1.86 bits per heavy atom. The van der Waals surface area contributed by atoms with Crippen molar-refractivity contribution in [2.75, 3.05) is 14.2 Å². The van der Waals surface area contributed by atoms with Crippen molar-refractivity contribution in [2.45, 2.75) is 30.7 Å². The van der Waals surface area contributed by atoms with Crippen molar-refractivity contribution >= 4 is 6.29 Å². The summed E-state index contributed by atoms with van der Waals surface area (Å²) in [5, 5.41) is 19.0. The lowest BCUT2D eigenvalue weighted by molar-refractivity contribution is -0.284. The van der Waals surface area contributed by atoms with Gasteiger partial charge in [-0.1, -0.05) is 0 Å². The highest BCUT2D eigenvalue weighted by atomic mass is 16.7. The number of ether oxygens (including phenoxy) is 3. The van der Waals surface area contributed by atoms with Crippen LogP contribution in [0.2, 0.25) is 0 Å². The van der Waals surface area contributed by atoms with E-state index >= 15 is 0 Å². The first-order valence-corrected chi connectivity index (χ1v) is 4.18. The van der Waals surface area contributed by atoms with Crippen molar-refractivity contribution in [3.05, 3.63) is 0 Å². The highest BCUT2D eigenvalue weighted by Gasteiger charge is 2.44. The minimum absolute atomic E-state index is 0.509. The molecular formula is C8H14O6. The smallest absolute Gasteiger partial charge is 0.186 e. The second-order valence-electron chi connectivity index (χ2n) is 3.02. The van der Waals surface area contributed by atoms with Gasteiger partial charge in [-0.3, -0.25) is 0 Å². The van der Waals surface area contributed by atoms with Crippen molar-refractivity contribution in [2.24, 2.45) is 0 Å². The van der Waals surface area contributed by atoms with Crippen molar-refractivity contribution in [3.8, 4) is 0 Å². The summed E-state index contributed by atoms with van der Waals surface area (Å²) in [6.45, 7) is 0. The Bertz CT molecular complexity index is 196. The fourth-order valence-corrected chi connectivity index (χ4v) is 1.44. The van der Waals surface area contributed by atoms with Gasteiger partial charge in [0.25, 0.3) is 0 Å². The largest absolute Gasteiger partial charge is 0.387 e. The van der Waals surface area contributed by atoms with Crippen LogP contribution in [0.4, 0.5) is 0 Å². The van der Waals surface area contributed by atoms with Crippen molar-refractivity contribution < 1.29 is 29.2 Å². The van der Waals surface area contributed by atoms with Gasteiger partial charge in [-0.25, -0.2) is 0 Å². The van der Waals surface area contributed by atoms with Crippen LogP contribution in [0.25, 0.3) is 0 Å². The summed E-state index contributed by atoms with van der Waals surface area (Å²) >= 11 is 0. The molecule has 1 aliphatic rings. The standard InChI is InChI=1S/C8H14O6/c1-12-7-4(3-9)14-8(13-2)6(11)5(7)10/h3-8,10-11H,1-2H3/t4?,5-,6?,7-,8-/m1/s1. The lowest BCUT2D eigenvalue weighted by atomic mass is 9.99. The third kappa shape index (κ3) is 1.94. The summed E-state index contributed by atoms with van der Waals surface area (Å²) in [6, 6.07) is 0. The van der Waals surface area contributed by atoms with Gasteiger partial charge in [0.15, 0.2) is 12.6 Å². The third-order valence-corrected chi connectivity index (χ3v) is 2.22. The van der Waals surface area contributed by atoms with Gasteiger partial charge in [-0.05, 0) is 0 Å². The Morgan fingerprint density at radius 1 is 1.21 bits per heavy atom. The number of aliphatic hydroxyl groups is 2. The predicted octanol–water partition coefficient (Wildman–Crippen LogP) is -1.71. The van der Waals surface area contributed by atoms with Crippen LogP contribution in [0, 0.1) is 0 Å². The summed E-state index contributed by atoms with van der Waals surface area (Å²) in [5.74, 6) is 0. The van der Waals surface area contributed by atoms with Gasteiger partial charge >= 0.3 is 0 Å². The van der Waals surface area contributed by atoms with Crippen LogP contribution in [0.15, 0.2) is 0 Å². The lowest BCUT2D eigenvalue weighted by Gasteiger charge is -2.39. The number of hydrogen-bond acceptors (Lipinski definition) is 6. The number of carbonyl (C=O) groups is 1. The first kappa shape index (κ1) is 11.5. The van der Waals surface area contributed by atoms with Gasteiger partial charge in [0.1, 0.15) is 24.4 Å². The van der Waals surface area contributed by atoms with Gasteiger partial charge in [0, 0.05) is 14.2 Å². The molecular weight excluding hydrogens is 192 g/mol. The van der Waals surface area contributed by atoms with E-state index in [1.54, 1.807) is 0 Å². The minimum Gasteiger partial charge on any atom is -0.387 e. The van der Waals surface area contributed by atoms with Gasteiger partial charge in [-0.2, -0.15) is 0 Å². The van der Waals surface area contributed by atoms with E-state index < -0.39 is 30.7 Å². The second kappa shape index (κ2) is 4.81. The van der Waals surface area contributed by atoms with Crippen LogP contribution in [-0.2, 0) is 19.0 Å². The van der Waals surface area contributed by atoms with Crippen LogP contribution in [-0.4, -0.2) is 61.4 Å². The van der Waals surface area contributed by atoms with Crippen LogP contribution in [0.5, 0.6) is 0 Å². The van der Waals surface area contributed by atoms with E-state index in [0.717, 1.165) is 0 Å². The number of rotatable bonds is 3. The number of aliphatic hydroxyl groups excluding tert-OH is 2. The SMILES string of the molecule is CO[C@@H]1OC(C=O)[C@@H](OC)[C@H](O)C1O. The van der Waals surface area contributed by atoms with Gasteiger partial charge in [0.05, 0.1) is 0 Å². The van der Waals surface area contributed by atoms with E-state index in [9.17, 15) is 15.0 Å². The molecule has 0 aliphatic carbocycles. The maximum absolute atomic E-state index is 10.6. The van der Waals surface area contributed by atoms with Crippen LogP contribution < -0.4 is 0 Å². The van der Waals surface area contributed by atoms with E-state index in [1.807, 2.05) is 0 Å². The van der Waals surface area contributed by atoms with Crippen molar-refractivity contribution in [3.63, 3.8) is 0 Å². The van der Waals surface area contributed by atoms with E-state index in [0.29, 0.717) is 6.29 Å². The molecule has 0 amide bonds. The molecule has 2 unspecified atom stereocenters. The molecule has 6 nitrogen and oxygen atoms in total. The lowest BCUT2D eigenvalue weighted by Crippen LogP contribution is -2.59. The number of aldehydes is 1. The molecule has 5 atom stereocenters. The molecule has 1 aliphatic heterocycles. The molecule has 1 rings (SSSR count). The molecule has 82 valence electrons. The molecule has 0 aromatic rings. The predicted molar refractivity (Wildman–Crippen MR) is 44.5 cm³/mol. The zero-order valence-corrected chi connectivity index (χ0v) is 7.99. The molecule has 1 fully saturated rings. The minimum atomic E-state index is -1.22. The molecule has 0 bridgehead atoms. The number of hydrogen-bond donors (Lipinski definition) is 2. The Labute approximate surface area is 81.4 Å². The quantitative estimate of drug-likeness (QED) is 0.535. The third-order valence-electron chi connectivity index (χ3n) is 2.22. The fourth-order valence-electron chi connectivity index (χ4n) is 1.44. The molecule has 6 heteroatoms. The molecule has 1 heterocycles. The summed E-state index contributed by atoms with van der Waals surface area (Å²) < 4.78 is 14.6. The Morgan fingerprint density at radius 3 is 2.29 bits per heavy atom. The topological polar surface area (TPSA) is 85.2 Å². The zero-order valence-electron chi connectivity index (χ0n) is 7.99. The van der Waals surface area contributed by atoms with Crippen LogP contribution >= 0.6 is 0 Å². The Kier molecular flexibility index (Phi) is 3.97. The molecule has 1 saturated heterocycles. The van der Waals surface area contributed by atoms with E-state index in [-0.39, 0.29) is 0 Å². The van der Waals surface area contributed by atoms with Gasteiger partial charge in [0.2, 0.25) is 0 Å². The van der Waals surface area contributed by atoms with E-state index in [4.69, 9.17) is 14.2 Å². The highest BCUT2D eigenvalue weighted by Crippen LogP contribution is 2.22. The highest BCUT2D eigenvalue weighted by molar-refractivity contribution is 5.57. The second-order valence-corrected chi connectivity index (χ2v) is 3.02. The van der Waals surface area contributed by atoms with Crippen LogP contribution in [0.3, 0.4) is 0 Å². The number of methoxy groups -OCH3 is 2. The molecule has 0 saturated carbocycles. The molecule has 2 N–H and O–H groups in total. The average Bonchev–Trinajstić information content (AvgIpc) is 2.21. The molecule has 0 spiro atoms. The monoisotopic (exact) mass is 206 g/mol. The zero-order chi connectivity index (χ0) is 10.7. The normalized spacial score (nSPS) is 43.6. The van der Waals surface area contributed by atoms with E-state index in [2.05, 4.69) is 0 Å². The maximum atomic E-state index is 10.6. The molecule has 0 aromatic heterocycles. The van der Waals surface area contributed by atoms with Crippen molar-refractivity contribution in [1.29, 1.82) is 0 Å². The average molecular weight is 206 g/mol. The maximum Gasteiger partial charge on any atom is 0.186 e. The first-order chi connectivity index (χ1) is 6.65. The van der Waals surface area contributed by atoms with Gasteiger partial charge < -0.3 is 29.2 Å². The number of carbonyl (C=O) groups excluding carboxylic acids is 1. The fraction of sp³-hybridized carbons (Fsp3) is 0.875. The molecule has 14 heavy (non-hydrogen) atoms. The Balaban J connectivity index is 2.76. The Hall–Kier alpha value is -0.530. The summed E-state index contributed by atoms with van der Waals surface area (Å²) in [5.41, 5.74) is 0. The summed E-state index contributed by atoms with van der Waals surface area (Å²) in [4.78, 5) is 10.6. The van der Waals surface area contributed by atoms with Crippen LogP contribution in [0.1, 0.15) is 0 Å².